The first-order valence-electron chi connectivity index (χ1n) is 6.77. The summed E-state index contributed by atoms with van der Waals surface area (Å²) in [4.78, 5) is 14.4. The number of carbonyl (C=O) groups excluding carboxylic acids is 1. The molecule has 0 saturated carbocycles. The Morgan fingerprint density at radius 3 is 2.79 bits per heavy atom. The Morgan fingerprint density at radius 1 is 1.32 bits per heavy atom. The van der Waals surface area contributed by atoms with Crippen molar-refractivity contribution in [2.75, 3.05) is 13.1 Å². The van der Waals surface area contributed by atoms with Crippen molar-refractivity contribution in [2.45, 2.75) is 26.7 Å². The third-order valence-electron chi connectivity index (χ3n) is 3.91. The second-order valence-electron chi connectivity index (χ2n) is 5.40. The molecule has 1 aliphatic heterocycles. The fourth-order valence-electron chi connectivity index (χ4n) is 2.61. The second kappa shape index (κ2) is 4.64. The molecule has 0 aliphatic carbocycles. The molecule has 0 atom stereocenters. The number of aryl methyl sites for hydroxylation is 1. The van der Waals surface area contributed by atoms with Crippen LogP contribution in [-0.2, 0) is 0 Å². The van der Waals surface area contributed by atoms with Crippen molar-refractivity contribution in [3.63, 3.8) is 0 Å². The third kappa shape index (κ3) is 2.09. The molecule has 1 aromatic carbocycles. The lowest BCUT2D eigenvalue weighted by Gasteiger charge is -2.29. The maximum atomic E-state index is 12.5. The van der Waals surface area contributed by atoms with E-state index in [1.165, 1.54) is 4.68 Å². The molecule has 0 bridgehead atoms. The van der Waals surface area contributed by atoms with Crippen LogP contribution in [0.3, 0.4) is 0 Å². The van der Waals surface area contributed by atoms with Gasteiger partial charge in [-0.1, -0.05) is 24.3 Å². The molecule has 1 amide bonds. The molecule has 19 heavy (non-hydrogen) atoms. The first-order chi connectivity index (χ1) is 9.16. The molecular formula is C14H18N4O. The zero-order valence-electron chi connectivity index (χ0n) is 11.3. The number of aromatic nitrogens is 3. The molecular weight excluding hydrogens is 240 g/mol. The first-order valence-corrected chi connectivity index (χ1v) is 6.77. The summed E-state index contributed by atoms with van der Waals surface area (Å²) in [6.45, 7) is 5.84. The van der Waals surface area contributed by atoms with Gasteiger partial charge in [-0.15, -0.1) is 5.10 Å². The zero-order chi connectivity index (χ0) is 13.4. The van der Waals surface area contributed by atoms with E-state index in [0.29, 0.717) is 5.92 Å². The number of carbonyl (C=O) groups is 1. The predicted octanol–water partition coefficient (Wildman–Crippen LogP) is 2.44. The van der Waals surface area contributed by atoms with Crippen molar-refractivity contribution < 1.29 is 4.79 Å². The number of amides is 1. The molecule has 1 fully saturated rings. The minimum absolute atomic E-state index is 0.0521. The quantitative estimate of drug-likeness (QED) is 0.729. The first kappa shape index (κ1) is 12.1. The van der Waals surface area contributed by atoms with Crippen LogP contribution in [0.5, 0.6) is 0 Å². The lowest BCUT2D eigenvalue weighted by molar-refractivity contribution is 0.173. The van der Waals surface area contributed by atoms with E-state index in [9.17, 15) is 4.79 Å². The molecule has 5 nitrogen and oxygen atoms in total. The Hall–Kier alpha value is -1.91. The topological polar surface area (TPSA) is 51.0 Å². The molecule has 0 N–H and O–H groups in total. The fourth-order valence-corrected chi connectivity index (χ4v) is 2.61. The highest BCUT2D eigenvalue weighted by atomic mass is 16.2. The molecule has 2 heterocycles. The largest absolute Gasteiger partial charge is 0.346 e. The van der Waals surface area contributed by atoms with E-state index in [4.69, 9.17) is 0 Å². The van der Waals surface area contributed by atoms with Crippen molar-refractivity contribution in [1.29, 1.82) is 0 Å². The fraction of sp³-hybridized carbons (Fsp3) is 0.500. The van der Waals surface area contributed by atoms with Crippen LogP contribution < -0.4 is 0 Å². The van der Waals surface area contributed by atoms with Crippen molar-refractivity contribution in [2.24, 2.45) is 5.92 Å². The number of hydrogen-bond donors (Lipinski definition) is 0. The van der Waals surface area contributed by atoms with E-state index in [2.05, 4.69) is 17.2 Å². The van der Waals surface area contributed by atoms with Crippen molar-refractivity contribution in [3.05, 3.63) is 23.8 Å². The van der Waals surface area contributed by atoms with Crippen molar-refractivity contribution >= 4 is 17.1 Å². The SMILES string of the molecule is Cc1cccc2nnn(C(=O)N3CCC(C)CC3)c12. The van der Waals surface area contributed by atoms with Gasteiger partial charge in [0.1, 0.15) is 11.0 Å². The van der Waals surface area contributed by atoms with Gasteiger partial charge in [0, 0.05) is 13.1 Å². The number of piperidine rings is 1. The predicted molar refractivity (Wildman–Crippen MR) is 73.0 cm³/mol. The summed E-state index contributed by atoms with van der Waals surface area (Å²) >= 11 is 0. The van der Waals surface area contributed by atoms with E-state index < -0.39 is 0 Å². The molecule has 1 saturated heterocycles. The normalized spacial score (nSPS) is 17.1. The maximum Gasteiger partial charge on any atom is 0.346 e. The summed E-state index contributed by atoms with van der Waals surface area (Å²) in [5.41, 5.74) is 2.63. The van der Waals surface area contributed by atoms with E-state index in [-0.39, 0.29) is 6.03 Å². The maximum absolute atomic E-state index is 12.5. The number of para-hydroxylation sites is 1. The average molecular weight is 258 g/mol. The van der Waals surface area contributed by atoms with Gasteiger partial charge in [-0.2, -0.15) is 4.68 Å². The van der Waals surface area contributed by atoms with Crippen LogP contribution in [0, 0.1) is 12.8 Å². The van der Waals surface area contributed by atoms with Gasteiger partial charge in [-0.05, 0) is 37.3 Å². The highest BCUT2D eigenvalue weighted by Gasteiger charge is 2.24. The smallest absolute Gasteiger partial charge is 0.323 e. The summed E-state index contributed by atoms with van der Waals surface area (Å²) in [7, 11) is 0. The van der Waals surface area contributed by atoms with Crippen LogP contribution in [0.15, 0.2) is 18.2 Å². The molecule has 3 rings (SSSR count). The van der Waals surface area contributed by atoms with E-state index in [0.717, 1.165) is 42.5 Å². The second-order valence-corrected chi connectivity index (χ2v) is 5.40. The van der Waals surface area contributed by atoms with Gasteiger partial charge in [-0.3, -0.25) is 0 Å². The molecule has 2 aromatic rings. The highest BCUT2D eigenvalue weighted by molar-refractivity contribution is 5.89. The summed E-state index contributed by atoms with van der Waals surface area (Å²) in [6, 6.07) is 5.75. The zero-order valence-corrected chi connectivity index (χ0v) is 11.3. The third-order valence-corrected chi connectivity index (χ3v) is 3.91. The van der Waals surface area contributed by atoms with Crippen LogP contribution in [0.25, 0.3) is 11.0 Å². The van der Waals surface area contributed by atoms with Gasteiger partial charge in [0.15, 0.2) is 0 Å². The van der Waals surface area contributed by atoms with Crippen LogP contribution in [-0.4, -0.2) is 39.0 Å². The number of likely N-dealkylation sites (tertiary alicyclic amines) is 1. The molecule has 100 valence electrons. The Bertz CT molecular complexity index is 611. The van der Waals surface area contributed by atoms with Gasteiger partial charge in [0.05, 0.1) is 0 Å². The van der Waals surface area contributed by atoms with Gasteiger partial charge >= 0.3 is 6.03 Å². The number of benzene rings is 1. The molecule has 0 spiro atoms. The van der Waals surface area contributed by atoms with Crippen LogP contribution in [0.2, 0.25) is 0 Å². The van der Waals surface area contributed by atoms with Gasteiger partial charge in [0.25, 0.3) is 0 Å². The van der Waals surface area contributed by atoms with Crippen molar-refractivity contribution in [3.8, 4) is 0 Å². The van der Waals surface area contributed by atoms with Gasteiger partial charge in [-0.25, -0.2) is 4.79 Å². The Labute approximate surface area is 112 Å². The molecule has 0 unspecified atom stereocenters. The minimum Gasteiger partial charge on any atom is -0.323 e. The lowest BCUT2D eigenvalue weighted by atomic mass is 10.00. The monoisotopic (exact) mass is 258 g/mol. The Morgan fingerprint density at radius 2 is 2.05 bits per heavy atom. The molecule has 1 aromatic heterocycles. The molecule has 5 heteroatoms. The number of nitrogens with zero attached hydrogens (tertiary/aromatic N) is 4. The van der Waals surface area contributed by atoms with E-state index >= 15 is 0 Å². The minimum atomic E-state index is -0.0521. The van der Waals surface area contributed by atoms with Crippen molar-refractivity contribution in [1.82, 2.24) is 19.9 Å². The number of hydrogen-bond acceptors (Lipinski definition) is 3. The van der Waals surface area contributed by atoms with Crippen LogP contribution in [0.4, 0.5) is 4.79 Å². The molecule has 0 radical (unpaired) electrons. The Kier molecular flexibility index (Phi) is 2.97. The summed E-state index contributed by atoms with van der Waals surface area (Å²) in [5, 5.41) is 8.10. The lowest BCUT2D eigenvalue weighted by Crippen LogP contribution is -2.40. The van der Waals surface area contributed by atoms with Crippen LogP contribution >= 0.6 is 0 Å². The summed E-state index contributed by atoms with van der Waals surface area (Å²) in [6.07, 6.45) is 2.13. The molecule has 1 aliphatic rings. The highest BCUT2D eigenvalue weighted by Crippen LogP contribution is 2.20. The number of rotatable bonds is 0. The number of fused-ring (bicyclic) bond motifs is 1. The van der Waals surface area contributed by atoms with E-state index in [1.54, 1.807) is 0 Å². The van der Waals surface area contributed by atoms with Crippen LogP contribution in [0.1, 0.15) is 25.3 Å². The van der Waals surface area contributed by atoms with Gasteiger partial charge in [0.2, 0.25) is 0 Å². The average Bonchev–Trinajstić information content (AvgIpc) is 2.84. The van der Waals surface area contributed by atoms with E-state index in [1.807, 2.05) is 30.0 Å². The standard InChI is InChI=1S/C14H18N4O/c1-10-6-8-17(9-7-10)14(19)18-13-11(2)4-3-5-12(13)15-16-18/h3-5,10H,6-9H2,1-2H3. The summed E-state index contributed by atoms with van der Waals surface area (Å²) < 4.78 is 1.45. The Balaban J connectivity index is 1.94. The van der Waals surface area contributed by atoms with Gasteiger partial charge < -0.3 is 4.90 Å². The summed E-state index contributed by atoms with van der Waals surface area (Å²) in [5.74, 6) is 0.707.